The van der Waals surface area contributed by atoms with Crippen molar-refractivity contribution in [2.75, 3.05) is 0 Å². The van der Waals surface area contributed by atoms with Gasteiger partial charge in [-0.1, -0.05) is 0 Å². The van der Waals surface area contributed by atoms with E-state index in [4.69, 9.17) is 0 Å². The van der Waals surface area contributed by atoms with E-state index in [-0.39, 0.29) is 42.2 Å². The zero-order valence-corrected chi connectivity index (χ0v) is 15.1. The molecule has 0 radical (unpaired) electrons. The average molecular weight is 386 g/mol. The van der Waals surface area contributed by atoms with Crippen molar-refractivity contribution in [2.24, 2.45) is 13.0 Å². The second-order valence-electron chi connectivity index (χ2n) is 7.15. The highest BCUT2D eigenvalue weighted by Crippen LogP contribution is 2.37. The molecule has 0 bridgehead atoms. The number of hydrogen-bond acceptors (Lipinski definition) is 4. The van der Waals surface area contributed by atoms with Crippen molar-refractivity contribution < 1.29 is 13.2 Å². The molecule has 0 spiro atoms. The molecule has 1 atom stereocenters. The highest BCUT2D eigenvalue weighted by molar-refractivity contribution is 5.72. The first-order valence-electron chi connectivity index (χ1n) is 8.86. The van der Waals surface area contributed by atoms with Gasteiger partial charge in [0.25, 0.3) is 11.1 Å². The van der Waals surface area contributed by atoms with E-state index in [9.17, 15) is 27.6 Å². The lowest BCUT2D eigenvalue weighted by molar-refractivity contribution is -0.0468. The van der Waals surface area contributed by atoms with Crippen molar-refractivity contribution in [3.8, 4) is 0 Å². The van der Waals surface area contributed by atoms with Crippen LogP contribution < -0.4 is 16.8 Å². The summed E-state index contributed by atoms with van der Waals surface area (Å²) >= 11 is 0. The minimum absolute atomic E-state index is 0.000914. The molecule has 0 saturated heterocycles. The summed E-state index contributed by atoms with van der Waals surface area (Å²) in [5, 5.41) is 0. The molecule has 0 amide bonds. The molecule has 1 aliphatic carbocycles. The fourth-order valence-corrected chi connectivity index (χ4v) is 3.50. The predicted octanol–water partition coefficient (Wildman–Crippen LogP) is 2.03. The van der Waals surface area contributed by atoms with Gasteiger partial charge >= 0.3 is 5.69 Å². The van der Waals surface area contributed by atoms with Gasteiger partial charge in [0.1, 0.15) is 11.3 Å². The number of fused-ring (bicyclic) bond motifs is 1. The molecule has 7 nitrogen and oxygen atoms in total. The maximum atomic E-state index is 13.5. The molecule has 1 N–H and O–H groups in total. The van der Waals surface area contributed by atoms with Crippen LogP contribution in [0.15, 0.2) is 14.4 Å². The second-order valence-corrected chi connectivity index (χ2v) is 7.15. The Kier molecular flexibility index (Phi) is 5.00. The summed E-state index contributed by atoms with van der Waals surface area (Å²) in [5.41, 5.74) is -2.74. The lowest BCUT2D eigenvalue weighted by Gasteiger charge is -2.28. The Morgan fingerprint density at radius 2 is 1.89 bits per heavy atom. The van der Waals surface area contributed by atoms with E-state index < -0.39 is 28.9 Å². The van der Waals surface area contributed by atoms with Crippen molar-refractivity contribution >= 4 is 11.0 Å². The van der Waals surface area contributed by atoms with Crippen molar-refractivity contribution in [3.63, 3.8) is 0 Å². The van der Waals surface area contributed by atoms with E-state index in [1.165, 1.54) is 14.0 Å². The summed E-state index contributed by atoms with van der Waals surface area (Å²) < 4.78 is 42.1. The minimum atomic E-state index is -2.64. The molecule has 0 aliphatic heterocycles. The van der Waals surface area contributed by atoms with Gasteiger partial charge in [-0.3, -0.25) is 18.7 Å². The van der Waals surface area contributed by atoms with Gasteiger partial charge < -0.3 is 4.98 Å². The molecule has 2 heterocycles. The van der Waals surface area contributed by atoms with Gasteiger partial charge in [0.15, 0.2) is 11.7 Å². The second kappa shape index (κ2) is 6.97. The van der Waals surface area contributed by atoms with Crippen molar-refractivity contribution in [2.45, 2.75) is 57.7 Å². The third-order valence-corrected chi connectivity index (χ3v) is 5.18. The summed E-state index contributed by atoms with van der Waals surface area (Å²) in [5.74, 6) is -2.93. The zero-order valence-electron chi connectivity index (χ0n) is 15.1. The number of aromatic nitrogens is 4. The van der Waals surface area contributed by atoms with Crippen LogP contribution >= 0.6 is 0 Å². The summed E-state index contributed by atoms with van der Waals surface area (Å²) in [6, 6.07) is 0. The number of H-pyrrole nitrogens is 1. The fourth-order valence-electron chi connectivity index (χ4n) is 3.50. The van der Waals surface area contributed by atoms with Crippen molar-refractivity contribution in [1.82, 2.24) is 19.1 Å². The smallest absolute Gasteiger partial charge is 0.306 e. The summed E-state index contributed by atoms with van der Waals surface area (Å²) in [6.45, 7) is 1.26. The Morgan fingerprint density at radius 1 is 1.26 bits per heavy atom. The monoisotopic (exact) mass is 386 g/mol. The molecular weight excluding hydrogens is 365 g/mol. The third kappa shape index (κ3) is 3.70. The maximum absolute atomic E-state index is 13.5. The van der Waals surface area contributed by atoms with Crippen LogP contribution in [0.4, 0.5) is 13.2 Å². The summed E-state index contributed by atoms with van der Waals surface area (Å²) in [6.07, 6.45) is -0.881. The summed E-state index contributed by atoms with van der Waals surface area (Å²) in [7, 11) is 1.25. The fraction of sp³-hybridized carbons (Fsp3) is 0.647. The molecule has 10 heteroatoms. The highest BCUT2D eigenvalue weighted by atomic mass is 19.3. The quantitative estimate of drug-likeness (QED) is 0.871. The lowest BCUT2D eigenvalue weighted by Crippen LogP contribution is -2.41. The number of aromatic amines is 1. The number of alkyl halides is 3. The number of aryl methyl sites for hydroxylation is 1. The van der Waals surface area contributed by atoms with Gasteiger partial charge in [0, 0.05) is 26.4 Å². The number of rotatable bonds is 4. The van der Waals surface area contributed by atoms with Gasteiger partial charge in [-0.15, -0.1) is 0 Å². The Morgan fingerprint density at radius 3 is 2.48 bits per heavy atom. The predicted molar refractivity (Wildman–Crippen MR) is 92.9 cm³/mol. The number of halogens is 3. The molecule has 148 valence electrons. The summed E-state index contributed by atoms with van der Waals surface area (Å²) in [4.78, 5) is 43.4. The van der Waals surface area contributed by atoms with Gasteiger partial charge in [0.2, 0.25) is 5.92 Å². The molecule has 2 aromatic rings. The largest absolute Gasteiger partial charge is 0.331 e. The topological polar surface area (TPSA) is 89.8 Å². The van der Waals surface area contributed by atoms with Crippen LogP contribution in [0.2, 0.25) is 0 Å². The molecule has 1 saturated carbocycles. The standard InChI is InChI=1S/C17H21F3N4O3/c1-9(18)13-21-11-12(14(25)22-13)24(16(27)23(2)15(11)26)8-5-10-3-6-17(19,20)7-4-10/h9-10H,3-8H2,1-2H3,(H,21,22,25). The SMILES string of the molecule is CC(F)c1nc2c(=O)n(C)c(=O)n(CCC3CCC(F)(F)CC3)c2c(=O)[nH]1. The maximum Gasteiger partial charge on any atom is 0.331 e. The normalized spacial score (nSPS) is 18.7. The Hall–Kier alpha value is -2.39. The third-order valence-electron chi connectivity index (χ3n) is 5.18. The zero-order chi connectivity index (χ0) is 19.9. The first kappa shape index (κ1) is 19.4. The number of nitrogens with zero attached hydrogens (tertiary/aromatic N) is 3. The molecule has 1 unspecified atom stereocenters. The molecule has 1 fully saturated rings. The van der Waals surface area contributed by atoms with Gasteiger partial charge in [0.05, 0.1) is 0 Å². The van der Waals surface area contributed by atoms with E-state index >= 15 is 0 Å². The molecule has 3 rings (SSSR count). The van der Waals surface area contributed by atoms with E-state index in [2.05, 4.69) is 9.97 Å². The van der Waals surface area contributed by atoms with Crippen LogP contribution in [0.1, 0.15) is 51.0 Å². The lowest BCUT2D eigenvalue weighted by atomic mass is 9.85. The minimum Gasteiger partial charge on any atom is -0.306 e. The molecule has 27 heavy (non-hydrogen) atoms. The molecule has 0 aromatic carbocycles. The Labute approximate surface area is 151 Å². The van der Waals surface area contributed by atoms with E-state index in [1.54, 1.807) is 0 Å². The number of nitrogens with one attached hydrogen (secondary N) is 1. The van der Waals surface area contributed by atoms with Gasteiger partial charge in [-0.05, 0) is 32.1 Å². The van der Waals surface area contributed by atoms with Crippen molar-refractivity contribution in [3.05, 3.63) is 37.0 Å². The first-order valence-corrected chi connectivity index (χ1v) is 8.86. The van der Waals surface area contributed by atoms with Crippen LogP contribution in [0.3, 0.4) is 0 Å². The molecule has 1 aliphatic rings. The Balaban J connectivity index is 2.01. The van der Waals surface area contributed by atoms with Crippen LogP contribution in [0, 0.1) is 5.92 Å². The van der Waals surface area contributed by atoms with Gasteiger partial charge in [-0.2, -0.15) is 0 Å². The van der Waals surface area contributed by atoms with Crippen LogP contribution in [-0.4, -0.2) is 25.0 Å². The van der Waals surface area contributed by atoms with E-state index in [0.717, 1.165) is 9.13 Å². The van der Waals surface area contributed by atoms with Crippen molar-refractivity contribution in [1.29, 1.82) is 0 Å². The number of hydrogen-bond donors (Lipinski definition) is 1. The van der Waals surface area contributed by atoms with Crippen LogP contribution in [0.5, 0.6) is 0 Å². The Bertz CT molecular complexity index is 1030. The first-order chi connectivity index (χ1) is 12.6. The highest BCUT2D eigenvalue weighted by Gasteiger charge is 2.34. The van der Waals surface area contributed by atoms with Crippen LogP contribution in [-0.2, 0) is 13.6 Å². The van der Waals surface area contributed by atoms with Gasteiger partial charge in [-0.25, -0.2) is 22.9 Å². The molecular formula is C17H21F3N4O3. The molecule has 2 aromatic heterocycles. The average Bonchev–Trinajstić information content (AvgIpc) is 2.61. The van der Waals surface area contributed by atoms with E-state index in [1.807, 2.05) is 0 Å². The van der Waals surface area contributed by atoms with Crippen LogP contribution in [0.25, 0.3) is 11.0 Å². The van der Waals surface area contributed by atoms with E-state index in [0.29, 0.717) is 19.3 Å².